The Kier molecular flexibility index (Phi) is 5.11. The second-order valence-corrected chi connectivity index (χ2v) is 6.64. The fraction of sp³-hybridized carbons (Fsp3) is 0.136. The number of hydrogen-bond acceptors (Lipinski definition) is 4. The molecule has 0 aliphatic carbocycles. The van der Waals surface area contributed by atoms with Crippen LogP contribution < -0.4 is 15.0 Å². The van der Waals surface area contributed by atoms with Crippen LogP contribution in [-0.2, 0) is 6.42 Å². The number of carbonyl (C=O) groups excluding carboxylic acids is 1. The number of amides is 2. The Labute approximate surface area is 167 Å². The van der Waals surface area contributed by atoms with Crippen LogP contribution in [0.15, 0.2) is 66.9 Å². The van der Waals surface area contributed by atoms with Gasteiger partial charge in [-0.3, -0.25) is 4.90 Å². The number of ether oxygens (including phenoxy) is 1. The Bertz CT molecular complexity index is 1050. The number of aromatic nitrogens is 1. The summed E-state index contributed by atoms with van der Waals surface area (Å²) in [5.41, 5.74) is 2.69. The Morgan fingerprint density at radius 2 is 1.90 bits per heavy atom. The van der Waals surface area contributed by atoms with Crippen molar-refractivity contribution in [2.45, 2.75) is 6.42 Å². The second-order valence-electron chi connectivity index (χ2n) is 6.64. The van der Waals surface area contributed by atoms with Gasteiger partial charge in [-0.15, -0.1) is 0 Å². The second kappa shape index (κ2) is 8.02. The van der Waals surface area contributed by atoms with Gasteiger partial charge in [0, 0.05) is 11.9 Å². The zero-order valence-electron chi connectivity index (χ0n) is 15.5. The molecule has 2 heterocycles. The van der Waals surface area contributed by atoms with E-state index in [4.69, 9.17) is 9.84 Å². The predicted molar refractivity (Wildman–Crippen MR) is 109 cm³/mol. The largest absolute Gasteiger partial charge is 0.488 e. The van der Waals surface area contributed by atoms with Gasteiger partial charge in [0.15, 0.2) is 11.6 Å². The summed E-state index contributed by atoms with van der Waals surface area (Å²) in [5, 5.41) is 12.0. The Balaban J connectivity index is 1.53. The first-order valence-electron chi connectivity index (χ1n) is 9.18. The van der Waals surface area contributed by atoms with E-state index in [-0.39, 0.29) is 11.6 Å². The van der Waals surface area contributed by atoms with Crippen molar-refractivity contribution in [1.82, 2.24) is 4.98 Å². The molecule has 0 unspecified atom stereocenters. The van der Waals surface area contributed by atoms with Gasteiger partial charge in [0.05, 0.1) is 12.1 Å². The number of carbonyl (C=O) groups is 2. The van der Waals surface area contributed by atoms with E-state index in [2.05, 4.69) is 10.3 Å². The molecule has 29 heavy (non-hydrogen) atoms. The lowest BCUT2D eigenvalue weighted by molar-refractivity contribution is 0.0696. The van der Waals surface area contributed by atoms with E-state index in [9.17, 15) is 9.59 Å². The number of hydrogen-bond donors (Lipinski definition) is 2. The summed E-state index contributed by atoms with van der Waals surface area (Å²) >= 11 is 0. The number of nitrogens with zero attached hydrogens (tertiary/aromatic N) is 2. The lowest BCUT2D eigenvalue weighted by Crippen LogP contribution is -2.41. The fourth-order valence-corrected chi connectivity index (χ4v) is 3.20. The van der Waals surface area contributed by atoms with Crippen molar-refractivity contribution in [1.29, 1.82) is 0 Å². The number of nitrogens with one attached hydrogen (secondary N) is 1. The van der Waals surface area contributed by atoms with Crippen molar-refractivity contribution >= 4 is 23.5 Å². The molecule has 2 N–H and O–H groups in total. The standard InChI is InChI=1S/C22H19N3O4/c26-21(27)17-6-4-5-15(12-17)11-16-13-19-20(23-14-16)25(9-10-29-19)22(28)24-18-7-2-1-3-8-18/h1-8,12-14H,9-11H2,(H,24,28)(H,26,27). The molecule has 1 aliphatic heterocycles. The molecule has 7 heteroatoms. The van der Waals surface area contributed by atoms with Gasteiger partial charge in [0.25, 0.3) is 0 Å². The number of pyridine rings is 1. The number of rotatable bonds is 4. The van der Waals surface area contributed by atoms with E-state index in [1.54, 1.807) is 29.3 Å². The molecule has 0 radical (unpaired) electrons. The van der Waals surface area contributed by atoms with E-state index < -0.39 is 5.97 Å². The highest BCUT2D eigenvalue weighted by molar-refractivity contribution is 6.02. The Morgan fingerprint density at radius 3 is 2.69 bits per heavy atom. The normalized spacial score (nSPS) is 12.6. The van der Waals surface area contributed by atoms with Crippen LogP contribution in [0.25, 0.3) is 0 Å². The van der Waals surface area contributed by atoms with Crippen LogP contribution in [-0.4, -0.2) is 35.2 Å². The number of carboxylic acid groups (broad SMARTS) is 1. The van der Waals surface area contributed by atoms with Crippen molar-refractivity contribution in [3.05, 3.63) is 83.6 Å². The summed E-state index contributed by atoms with van der Waals surface area (Å²) in [4.78, 5) is 29.8. The van der Waals surface area contributed by atoms with Crippen LogP contribution in [0, 0.1) is 0 Å². The van der Waals surface area contributed by atoms with E-state index in [0.717, 1.165) is 11.1 Å². The molecule has 146 valence electrons. The molecule has 0 atom stereocenters. The molecule has 0 spiro atoms. The monoisotopic (exact) mass is 389 g/mol. The Morgan fingerprint density at radius 1 is 1.07 bits per heavy atom. The molecule has 7 nitrogen and oxygen atoms in total. The van der Waals surface area contributed by atoms with Crippen LogP contribution in [0.2, 0.25) is 0 Å². The van der Waals surface area contributed by atoms with Gasteiger partial charge in [-0.1, -0.05) is 30.3 Å². The van der Waals surface area contributed by atoms with Gasteiger partial charge in [-0.25, -0.2) is 14.6 Å². The molecule has 1 aliphatic rings. The molecule has 0 bridgehead atoms. The molecule has 2 aromatic carbocycles. The highest BCUT2D eigenvalue weighted by atomic mass is 16.5. The molecular formula is C22H19N3O4. The molecule has 2 amide bonds. The van der Waals surface area contributed by atoms with Gasteiger partial charge in [0.2, 0.25) is 0 Å². The molecule has 1 aromatic heterocycles. The molecule has 0 saturated heterocycles. The number of aromatic carboxylic acids is 1. The van der Waals surface area contributed by atoms with E-state index in [1.165, 1.54) is 0 Å². The number of carboxylic acids is 1. The van der Waals surface area contributed by atoms with Gasteiger partial charge in [0.1, 0.15) is 6.61 Å². The molecule has 0 fully saturated rings. The number of fused-ring (bicyclic) bond motifs is 1. The van der Waals surface area contributed by atoms with Crippen LogP contribution in [0.5, 0.6) is 5.75 Å². The summed E-state index contributed by atoms with van der Waals surface area (Å²) in [7, 11) is 0. The van der Waals surface area contributed by atoms with Crippen LogP contribution >= 0.6 is 0 Å². The van der Waals surface area contributed by atoms with Crippen LogP contribution in [0.4, 0.5) is 16.3 Å². The zero-order valence-corrected chi connectivity index (χ0v) is 15.5. The summed E-state index contributed by atoms with van der Waals surface area (Å²) in [5.74, 6) is 0.0397. The highest BCUT2D eigenvalue weighted by Gasteiger charge is 2.25. The zero-order chi connectivity index (χ0) is 20.2. The van der Waals surface area contributed by atoms with Crippen molar-refractivity contribution < 1.29 is 19.4 Å². The maximum absolute atomic E-state index is 12.7. The number of anilines is 2. The molecule has 3 aromatic rings. The van der Waals surface area contributed by atoms with Crippen molar-refractivity contribution in [2.24, 2.45) is 0 Å². The number of para-hydroxylation sites is 1. The third-order valence-electron chi connectivity index (χ3n) is 4.57. The lowest BCUT2D eigenvalue weighted by atomic mass is 10.0. The smallest absolute Gasteiger partial charge is 0.335 e. The van der Waals surface area contributed by atoms with Gasteiger partial charge in [-0.2, -0.15) is 0 Å². The third-order valence-corrected chi connectivity index (χ3v) is 4.57. The molecule has 0 saturated carbocycles. The highest BCUT2D eigenvalue weighted by Crippen LogP contribution is 2.31. The van der Waals surface area contributed by atoms with E-state index in [1.807, 2.05) is 42.5 Å². The van der Waals surface area contributed by atoms with Gasteiger partial charge in [-0.05, 0) is 47.9 Å². The number of urea groups is 1. The molecule has 4 rings (SSSR count). The quantitative estimate of drug-likeness (QED) is 0.708. The summed E-state index contributed by atoms with van der Waals surface area (Å²) in [6.45, 7) is 0.771. The van der Waals surface area contributed by atoms with Gasteiger partial charge >= 0.3 is 12.0 Å². The van der Waals surface area contributed by atoms with Gasteiger partial charge < -0.3 is 15.2 Å². The van der Waals surface area contributed by atoms with Crippen LogP contribution in [0.1, 0.15) is 21.5 Å². The number of benzene rings is 2. The summed E-state index contributed by atoms with van der Waals surface area (Å²) in [6, 6.07) is 17.6. The maximum Gasteiger partial charge on any atom is 0.335 e. The average molecular weight is 389 g/mol. The summed E-state index contributed by atoms with van der Waals surface area (Å²) in [6.07, 6.45) is 2.20. The summed E-state index contributed by atoms with van der Waals surface area (Å²) < 4.78 is 5.72. The minimum atomic E-state index is -0.959. The first kappa shape index (κ1) is 18.5. The minimum Gasteiger partial charge on any atom is -0.488 e. The van der Waals surface area contributed by atoms with E-state index >= 15 is 0 Å². The maximum atomic E-state index is 12.7. The first-order chi connectivity index (χ1) is 14.1. The van der Waals surface area contributed by atoms with Crippen molar-refractivity contribution in [3.63, 3.8) is 0 Å². The lowest BCUT2D eigenvalue weighted by Gasteiger charge is -2.28. The predicted octanol–water partition coefficient (Wildman–Crippen LogP) is 3.80. The fourth-order valence-electron chi connectivity index (χ4n) is 3.20. The van der Waals surface area contributed by atoms with E-state index in [0.29, 0.717) is 36.8 Å². The average Bonchev–Trinajstić information content (AvgIpc) is 2.74. The minimum absolute atomic E-state index is 0.244. The molecular weight excluding hydrogens is 370 g/mol. The van der Waals surface area contributed by atoms with Crippen molar-refractivity contribution in [2.75, 3.05) is 23.4 Å². The third kappa shape index (κ3) is 4.19. The topological polar surface area (TPSA) is 91.8 Å². The van der Waals surface area contributed by atoms with Crippen molar-refractivity contribution in [3.8, 4) is 5.75 Å². The first-order valence-corrected chi connectivity index (χ1v) is 9.18. The van der Waals surface area contributed by atoms with Crippen LogP contribution in [0.3, 0.4) is 0 Å². The SMILES string of the molecule is O=C(O)c1cccc(Cc2cnc3c(c2)OCCN3C(=O)Nc2ccccc2)c1. The Hall–Kier alpha value is -3.87.